The zero-order valence-electron chi connectivity index (χ0n) is 12.5. The Kier molecular flexibility index (Phi) is 3.81. The van der Waals surface area contributed by atoms with E-state index in [1.54, 1.807) is 0 Å². The minimum Gasteiger partial charge on any atom is -0.423 e. The SMILES string of the molecule is Clc1cc(Nc2nc3ccccc3o2)ccc1N1CCOCC1. The Morgan fingerprint density at radius 1 is 1.09 bits per heavy atom. The van der Waals surface area contributed by atoms with E-state index in [2.05, 4.69) is 15.2 Å². The monoisotopic (exact) mass is 329 g/mol. The number of anilines is 3. The van der Waals surface area contributed by atoms with Crippen molar-refractivity contribution in [3.05, 3.63) is 47.5 Å². The van der Waals surface area contributed by atoms with Crippen molar-refractivity contribution in [1.82, 2.24) is 4.98 Å². The lowest BCUT2D eigenvalue weighted by molar-refractivity contribution is 0.122. The maximum Gasteiger partial charge on any atom is 0.300 e. The Morgan fingerprint density at radius 2 is 1.91 bits per heavy atom. The topological polar surface area (TPSA) is 50.5 Å². The normalized spacial score (nSPS) is 15.1. The number of hydrogen-bond acceptors (Lipinski definition) is 5. The van der Waals surface area contributed by atoms with Crippen LogP contribution >= 0.6 is 11.6 Å². The second-order valence-electron chi connectivity index (χ2n) is 5.38. The summed E-state index contributed by atoms with van der Waals surface area (Å²) in [5.74, 6) is 0. The van der Waals surface area contributed by atoms with Crippen molar-refractivity contribution in [3.8, 4) is 0 Å². The number of ether oxygens (including phenoxy) is 1. The molecule has 5 nitrogen and oxygen atoms in total. The first-order valence-electron chi connectivity index (χ1n) is 7.54. The number of oxazole rings is 1. The highest BCUT2D eigenvalue weighted by atomic mass is 35.5. The molecule has 0 unspecified atom stereocenters. The molecule has 0 aliphatic carbocycles. The number of nitrogens with one attached hydrogen (secondary N) is 1. The molecule has 2 heterocycles. The van der Waals surface area contributed by atoms with E-state index in [1.165, 1.54) is 0 Å². The second kappa shape index (κ2) is 6.10. The number of fused-ring (bicyclic) bond motifs is 1. The van der Waals surface area contributed by atoms with Gasteiger partial charge >= 0.3 is 0 Å². The maximum atomic E-state index is 6.43. The first kappa shape index (κ1) is 14.4. The van der Waals surface area contributed by atoms with Crippen LogP contribution in [-0.4, -0.2) is 31.3 Å². The molecule has 4 rings (SSSR count). The van der Waals surface area contributed by atoms with Crippen LogP contribution < -0.4 is 10.2 Å². The number of halogens is 1. The fraction of sp³-hybridized carbons (Fsp3) is 0.235. The third kappa shape index (κ3) is 2.98. The smallest absolute Gasteiger partial charge is 0.300 e. The summed E-state index contributed by atoms with van der Waals surface area (Å²) in [7, 11) is 0. The van der Waals surface area contributed by atoms with Gasteiger partial charge in [0.05, 0.1) is 23.9 Å². The maximum absolute atomic E-state index is 6.43. The van der Waals surface area contributed by atoms with Gasteiger partial charge in [0.1, 0.15) is 5.52 Å². The predicted octanol–water partition coefficient (Wildman–Crippen LogP) is 4.06. The molecule has 0 bridgehead atoms. The van der Waals surface area contributed by atoms with Crippen LogP contribution in [0.5, 0.6) is 0 Å². The molecule has 2 aromatic carbocycles. The lowest BCUT2D eigenvalue weighted by Gasteiger charge is -2.29. The lowest BCUT2D eigenvalue weighted by atomic mass is 10.2. The minimum absolute atomic E-state index is 0.460. The Labute approximate surface area is 138 Å². The number of benzene rings is 2. The molecule has 1 fully saturated rings. The number of morpholine rings is 1. The average Bonchev–Trinajstić information content (AvgIpc) is 2.98. The van der Waals surface area contributed by atoms with Crippen LogP contribution in [0.2, 0.25) is 5.02 Å². The summed E-state index contributed by atoms with van der Waals surface area (Å²) < 4.78 is 11.0. The van der Waals surface area contributed by atoms with E-state index in [0.29, 0.717) is 11.0 Å². The summed E-state index contributed by atoms with van der Waals surface area (Å²) in [6.07, 6.45) is 0. The quantitative estimate of drug-likeness (QED) is 0.785. The molecule has 0 atom stereocenters. The lowest BCUT2D eigenvalue weighted by Crippen LogP contribution is -2.36. The Balaban J connectivity index is 1.56. The van der Waals surface area contributed by atoms with Crippen LogP contribution in [0.15, 0.2) is 46.9 Å². The number of para-hydroxylation sites is 2. The molecular weight excluding hydrogens is 314 g/mol. The van der Waals surface area contributed by atoms with Gasteiger partial charge in [-0.05, 0) is 30.3 Å². The Hall–Kier alpha value is -2.24. The minimum atomic E-state index is 0.460. The van der Waals surface area contributed by atoms with Crippen molar-refractivity contribution >= 4 is 40.1 Å². The van der Waals surface area contributed by atoms with Gasteiger partial charge in [-0.25, -0.2) is 0 Å². The first-order valence-corrected chi connectivity index (χ1v) is 7.92. The predicted molar refractivity (Wildman–Crippen MR) is 91.8 cm³/mol. The van der Waals surface area contributed by atoms with Gasteiger partial charge in [-0.1, -0.05) is 23.7 Å². The molecule has 1 saturated heterocycles. The summed E-state index contributed by atoms with van der Waals surface area (Å²) >= 11 is 6.43. The number of hydrogen-bond donors (Lipinski definition) is 1. The van der Waals surface area contributed by atoms with Gasteiger partial charge in [-0.15, -0.1) is 0 Å². The van der Waals surface area contributed by atoms with Crippen molar-refractivity contribution in [3.63, 3.8) is 0 Å². The molecule has 1 aliphatic heterocycles. The number of rotatable bonds is 3. The highest BCUT2D eigenvalue weighted by Crippen LogP contribution is 2.31. The fourth-order valence-corrected chi connectivity index (χ4v) is 2.99. The van der Waals surface area contributed by atoms with Crippen LogP contribution in [0.25, 0.3) is 11.1 Å². The average molecular weight is 330 g/mol. The van der Waals surface area contributed by atoms with E-state index in [4.69, 9.17) is 20.8 Å². The van der Waals surface area contributed by atoms with E-state index in [-0.39, 0.29) is 0 Å². The molecular formula is C17H16ClN3O2. The number of aromatic nitrogens is 1. The van der Waals surface area contributed by atoms with Gasteiger partial charge in [0, 0.05) is 18.8 Å². The molecule has 0 saturated carbocycles. The fourth-order valence-electron chi connectivity index (χ4n) is 2.69. The molecule has 0 radical (unpaired) electrons. The summed E-state index contributed by atoms with van der Waals surface area (Å²) in [6.45, 7) is 3.19. The third-order valence-corrected chi connectivity index (χ3v) is 4.15. The van der Waals surface area contributed by atoms with Crippen LogP contribution in [0, 0.1) is 0 Å². The Bertz CT molecular complexity index is 795. The number of nitrogens with zero attached hydrogens (tertiary/aromatic N) is 2. The largest absolute Gasteiger partial charge is 0.423 e. The molecule has 0 amide bonds. The van der Waals surface area contributed by atoms with Gasteiger partial charge in [-0.2, -0.15) is 4.98 Å². The van der Waals surface area contributed by atoms with Gasteiger partial charge in [-0.3, -0.25) is 0 Å². The summed E-state index contributed by atoms with van der Waals surface area (Å²) in [6, 6.07) is 14.0. The van der Waals surface area contributed by atoms with E-state index in [1.807, 2.05) is 42.5 Å². The second-order valence-corrected chi connectivity index (χ2v) is 5.78. The van der Waals surface area contributed by atoms with Crippen LogP contribution in [0.1, 0.15) is 0 Å². The molecule has 0 spiro atoms. The molecule has 118 valence electrons. The molecule has 1 N–H and O–H groups in total. The van der Waals surface area contributed by atoms with E-state index >= 15 is 0 Å². The van der Waals surface area contributed by atoms with E-state index < -0.39 is 0 Å². The highest BCUT2D eigenvalue weighted by Gasteiger charge is 2.15. The van der Waals surface area contributed by atoms with Gasteiger partial charge < -0.3 is 19.4 Å². The van der Waals surface area contributed by atoms with Gasteiger partial charge in [0.15, 0.2) is 5.58 Å². The van der Waals surface area contributed by atoms with E-state index in [0.717, 1.165) is 48.8 Å². The van der Waals surface area contributed by atoms with Crippen molar-refractivity contribution in [2.24, 2.45) is 0 Å². The zero-order valence-corrected chi connectivity index (χ0v) is 13.2. The van der Waals surface area contributed by atoms with Crippen LogP contribution in [0.3, 0.4) is 0 Å². The third-order valence-electron chi connectivity index (χ3n) is 3.84. The van der Waals surface area contributed by atoms with Crippen molar-refractivity contribution in [2.75, 3.05) is 36.5 Å². The highest BCUT2D eigenvalue weighted by molar-refractivity contribution is 6.33. The standard InChI is InChI=1S/C17H16ClN3O2/c18-13-11-12(5-6-15(13)21-7-9-22-10-8-21)19-17-20-14-3-1-2-4-16(14)23-17/h1-6,11H,7-10H2,(H,19,20). The summed E-state index contributed by atoms with van der Waals surface area (Å²) in [4.78, 5) is 6.63. The van der Waals surface area contributed by atoms with Crippen molar-refractivity contribution in [1.29, 1.82) is 0 Å². The van der Waals surface area contributed by atoms with Gasteiger partial charge in [0.2, 0.25) is 0 Å². The molecule has 6 heteroatoms. The zero-order chi connectivity index (χ0) is 15.6. The molecule has 3 aromatic rings. The molecule has 1 aliphatic rings. The van der Waals surface area contributed by atoms with Crippen molar-refractivity contribution in [2.45, 2.75) is 0 Å². The Morgan fingerprint density at radius 3 is 2.70 bits per heavy atom. The molecule has 1 aromatic heterocycles. The summed E-state index contributed by atoms with van der Waals surface area (Å²) in [5.41, 5.74) is 3.45. The van der Waals surface area contributed by atoms with E-state index in [9.17, 15) is 0 Å². The van der Waals surface area contributed by atoms with Crippen LogP contribution in [0.4, 0.5) is 17.4 Å². The first-order chi connectivity index (χ1) is 11.3. The van der Waals surface area contributed by atoms with Crippen molar-refractivity contribution < 1.29 is 9.15 Å². The molecule has 23 heavy (non-hydrogen) atoms. The van der Waals surface area contributed by atoms with Crippen LogP contribution in [-0.2, 0) is 4.74 Å². The summed E-state index contributed by atoms with van der Waals surface area (Å²) in [5, 5.41) is 3.86. The van der Waals surface area contributed by atoms with Gasteiger partial charge in [0.25, 0.3) is 6.01 Å².